The fourth-order valence-corrected chi connectivity index (χ4v) is 0.565. The second-order valence-electron chi connectivity index (χ2n) is 2.94. The molecule has 12 heavy (non-hydrogen) atoms. The summed E-state index contributed by atoms with van der Waals surface area (Å²) >= 11 is 0. The first kappa shape index (κ1) is 10.9. The van der Waals surface area contributed by atoms with Crippen molar-refractivity contribution in [2.45, 2.75) is 33.6 Å². The van der Waals surface area contributed by atoms with E-state index in [-0.39, 0.29) is 17.7 Å². The molecule has 4 nitrogen and oxygen atoms in total. The van der Waals surface area contributed by atoms with E-state index in [0.717, 1.165) is 6.42 Å². The van der Waals surface area contributed by atoms with Crippen LogP contribution in [0.2, 0.25) is 0 Å². The Labute approximate surface area is 72.7 Å². The van der Waals surface area contributed by atoms with Gasteiger partial charge in [0.2, 0.25) is 11.8 Å². The molecule has 4 heteroatoms. The van der Waals surface area contributed by atoms with Crippen molar-refractivity contribution in [3.05, 3.63) is 0 Å². The molecule has 0 aromatic heterocycles. The van der Waals surface area contributed by atoms with Crippen LogP contribution in [0.1, 0.15) is 33.6 Å². The lowest BCUT2D eigenvalue weighted by Gasteiger charge is -2.08. The van der Waals surface area contributed by atoms with E-state index >= 15 is 0 Å². The molecule has 0 rings (SSSR count). The highest BCUT2D eigenvalue weighted by Gasteiger charge is 2.06. The van der Waals surface area contributed by atoms with E-state index < -0.39 is 0 Å². The summed E-state index contributed by atoms with van der Waals surface area (Å²) < 4.78 is 0. The minimum atomic E-state index is -0.167. The summed E-state index contributed by atoms with van der Waals surface area (Å²) in [6.45, 7) is 5.44. The van der Waals surface area contributed by atoms with E-state index in [0.29, 0.717) is 6.42 Å². The molecule has 0 saturated carbocycles. The number of hydrogen-bond donors (Lipinski definition) is 2. The molecule has 0 atom stereocenters. The van der Waals surface area contributed by atoms with Crippen LogP contribution in [0.4, 0.5) is 0 Å². The predicted octanol–water partition coefficient (Wildman–Crippen LogP) is 0.590. The molecule has 0 spiro atoms. The second kappa shape index (κ2) is 5.57. The molecular formula is C8H16N2O2. The average Bonchev–Trinajstić information content (AvgIpc) is 2.00. The molecule has 70 valence electrons. The number of hydrazine groups is 1. The van der Waals surface area contributed by atoms with Crippen molar-refractivity contribution in [1.29, 1.82) is 0 Å². The summed E-state index contributed by atoms with van der Waals surface area (Å²) in [6.07, 6.45) is 1.22. The van der Waals surface area contributed by atoms with E-state index in [2.05, 4.69) is 10.9 Å². The Hall–Kier alpha value is -1.06. The summed E-state index contributed by atoms with van der Waals surface area (Å²) in [7, 11) is 0. The Balaban J connectivity index is 3.54. The highest BCUT2D eigenvalue weighted by molar-refractivity contribution is 5.82. The van der Waals surface area contributed by atoms with Gasteiger partial charge >= 0.3 is 0 Å². The van der Waals surface area contributed by atoms with Crippen molar-refractivity contribution in [1.82, 2.24) is 10.9 Å². The van der Waals surface area contributed by atoms with Crippen molar-refractivity contribution in [2.75, 3.05) is 0 Å². The third-order valence-electron chi connectivity index (χ3n) is 1.33. The first-order chi connectivity index (χ1) is 5.57. The summed E-state index contributed by atoms with van der Waals surface area (Å²) in [5.41, 5.74) is 4.65. The van der Waals surface area contributed by atoms with Crippen LogP contribution in [0, 0.1) is 5.92 Å². The average molecular weight is 172 g/mol. The van der Waals surface area contributed by atoms with Gasteiger partial charge in [-0.1, -0.05) is 20.8 Å². The van der Waals surface area contributed by atoms with Gasteiger partial charge in [-0.15, -0.1) is 0 Å². The first-order valence-electron chi connectivity index (χ1n) is 4.16. The van der Waals surface area contributed by atoms with Gasteiger partial charge in [-0.25, -0.2) is 0 Å². The van der Waals surface area contributed by atoms with Crippen LogP contribution in [0.15, 0.2) is 0 Å². The number of amides is 2. The Bertz CT molecular complexity index is 166. The van der Waals surface area contributed by atoms with Gasteiger partial charge in [0.25, 0.3) is 0 Å². The van der Waals surface area contributed by atoms with Crippen molar-refractivity contribution >= 4 is 11.8 Å². The van der Waals surface area contributed by atoms with Crippen LogP contribution in [0.3, 0.4) is 0 Å². The van der Waals surface area contributed by atoms with Gasteiger partial charge < -0.3 is 0 Å². The summed E-state index contributed by atoms with van der Waals surface area (Å²) in [5.74, 6) is -0.419. The maximum absolute atomic E-state index is 10.9. The maximum Gasteiger partial charge on any atom is 0.240 e. The van der Waals surface area contributed by atoms with Crippen molar-refractivity contribution in [3.8, 4) is 0 Å². The van der Waals surface area contributed by atoms with E-state index in [1.807, 2.05) is 6.92 Å². The zero-order valence-corrected chi connectivity index (χ0v) is 7.81. The molecule has 0 fully saturated rings. The van der Waals surface area contributed by atoms with Gasteiger partial charge in [0.05, 0.1) is 0 Å². The third-order valence-corrected chi connectivity index (χ3v) is 1.33. The number of carbonyl (C=O) groups excluding carboxylic acids is 2. The molecule has 0 aromatic rings. The van der Waals surface area contributed by atoms with Crippen LogP contribution in [0.25, 0.3) is 0 Å². The Kier molecular flexibility index (Phi) is 5.08. The van der Waals surface area contributed by atoms with E-state index in [4.69, 9.17) is 0 Å². The molecule has 0 radical (unpaired) electrons. The van der Waals surface area contributed by atoms with Crippen molar-refractivity contribution < 1.29 is 9.59 Å². The maximum atomic E-state index is 10.9. The lowest BCUT2D eigenvalue weighted by molar-refractivity contribution is -0.130. The van der Waals surface area contributed by atoms with E-state index in [1.54, 1.807) is 13.8 Å². The fourth-order valence-electron chi connectivity index (χ4n) is 0.565. The molecule has 0 unspecified atom stereocenters. The highest BCUT2D eigenvalue weighted by Crippen LogP contribution is 1.89. The van der Waals surface area contributed by atoms with Gasteiger partial charge in [-0.2, -0.15) is 0 Å². The van der Waals surface area contributed by atoms with Crippen LogP contribution < -0.4 is 10.9 Å². The predicted molar refractivity (Wildman–Crippen MR) is 46.0 cm³/mol. The van der Waals surface area contributed by atoms with Gasteiger partial charge in [-0.05, 0) is 6.42 Å². The molecule has 2 N–H and O–H groups in total. The van der Waals surface area contributed by atoms with Crippen LogP contribution in [-0.4, -0.2) is 11.8 Å². The zero-order chi connectivity index (χ0) is 9.56. The number of hydrogen-bond acceptors (Lipinski definition) is 2. The summed E-state index contributed by atoms with van der Waals surface area (Å²) in [4.78, 5) is 21.8. The topological polar surface area (TPSA) is 58.2 Å². The fraction of sp³-hybridized carbons (Fsp3) is 0.750. The molecule has 0 aliphatic heterocycles. The summed E-state index contributed by atoms with van der Waals surface area (Å²) in [6, 6.07) is 0. The molecule has 2 amide bonds. The monoisotopic (exact) mass is 172 g/mol. The lowest BCUT2D eigenvalue weighted by Crippen LogP contribution is -2.43. The molecular weight excluding hydrogens is 156 g/mol. The SMILES string of the molecule is CCCC(=O)NNC(=O)C(C)C. The molecule has 0 bridgehead atoms. The smallest absolute Gasteiger partial charge is 0.240 e. The van der Waals surface area contributed by atoms with Crippen LogP contribution >= 0.6 is 0 Å². The normalized spacial score (nSPS) is 9.67. The molecule has 0 aliphatic rings. The van der Waals surface area contributed by atoms with Gasteiger partial charge in [0.15, 0.2) is 0 Å². The molecule has 0 saturated heterocycles. The highest BCUT2D eigenvalue weighted by atomic mass is 16.2. The van der Waals surface area contributed by atoms with Gasteiger partial charge in [0, 0.05) is 12.3 Å². The number of rotatable bonds is 3. The van der Waals surface area contributed by atoms with Crippen LogP contribution in [0.5, 0.6) is 0 Å². The third kappa shape index (κ3) is 4.71. The minimum absolute atomic E-state index is 0.105. The van der Waals surface area contributed by atoms with Crippen LogP contribution in [-0.2, 0) is 9.59 Å². The van der Waals surface area contributed by atoms with Crippen molar-refractivity contribution in [2.24, 2.45) is 5.92 Å². The lowest BCUT2D eigenvalue weighted by atomic mass is 10.2. The molecule has 0 heterocycles. The molecule has 0 aromatic carbocycles. The van der Waals surface area contributed by atoms with E-state index in [9.17, 15) is 9.59 Å². The summed E-state index contributed by atoms with van der Waals surface area (Å²) in [5, 5.41) is 0. The van der Waals surface area contributed by atoms with Crippen molar-refractivity contribution in [3.63, 3.8) is 0 Å². The zero-order valence-electron chi connectivity index (χ0n) is 7.81. The Morgan fingerprint density at radius 2 is 1.83 bits per heavy atom. The van der Waals surface area contributed by atoms with Gasteiger partial charge in [0.1, 0.15) is 0 Å². The Morgan fingerprint density at radius 3 is 2.25 bits per heavy atom. The number of carbonyl (C=O) groups is 2. The Morgan fingerprint density at radius 1 is 1.25 bits per heavy atom. The second-order valence-corrected chi connectivity index (χ2v) is 2.94. The van der Waals surface area contributed by atoms with Gasteiger partial charge in [-0.3, -0.25) is 20.4 Å². The standard InChI is InChI=1S/C8H16N2O2/c1-4-5-7(11)9-10-8(12)6(2)3/h6H,4-5H2,1-3H3,(H,9,11)(H,10,12). The minimum Gasteiger partial charge on any atom is -0.273 e. The first-order valence-corrected chi connectivity index (χ1v) is 4.16. The molecule has 0 aliphatic carbocycles. The van der Waals surface area contributed by atoms with E-state index in [1.165, 1.54) is 0 Å². The largest absolute Gasteiger partial charge is 0.273 e. The quantitative estimate of drug-likeness (QED) is 0.612. The number of nitrogens with one attached hydrogen (secondary N) is 2.